The second-order valence-electron chi connectivity index (χ2n) is 7.59. The summed E-state index contributed by atoms with van der Waals surface area (Å²) in [4.78, 5) is 17.1. The summed E-state index contributed by atoms with van der Waals surface area (Å²) in [5.74, 6) is 1.41. The number of rotatable bonds is 6. The summed E-state index contributed by atoms with van der Waals surface area (Å²) in [6, 6.07) is 15.0. The van der Waals surface area contributed by atoms with Crippen LogP contribution in [0.4, 0.5) is 0 Å². The van der Waals surface area contributed by atoms with Crippen LogP contribution in [-0.4, -0.2) is 49.1 Å². The maximum atomic E-state index is 8.36. The SMILES string of the molecule is O=CO.c1cnn(Cc2ccc(-c3nccn3[C@@H]3COC[C@@H]3Cc3ccncc3)cc2)c1. The second-order valence-corrected chi connectivity index (χ2v) is 7.59. The molecule has 1 aliphatic heterocycles. The van der Waals surface area contributed by atoms with E-state index in [9.17, 15) is 0 Å². The fourth-order valence-corrected chi connectivity index (χ4v) is 4.06. The first kappa shape index (κ1) is 21.5. The minimum atomic E-state index is -0.250. The molecule has 1 aliphatic rings. The van der Waals surface area contributed by atoms with Gasteiger partial charge in [0.05, 0.1) is 25.8 Å². The minimum Gasteiger partial charge on any atom is -0.483 e. The molecule has 8 heteroatoms. The Morgan fingerprint density at radius 1 is 1.00 bits per heavy atom. The van der Waals surface area contributed by atoms with Crippen LogP contribution in [0.3, 0.4) is 0 Å². The van der Waals surface area contributed by atoms with Crippen molar-refractivity contribution in [1.82, 2.24) is 24.3 Å². The molecule has 1 saturated heterocycles. The number of pyridine rings is 1. The highest BCUT2D eigenvalue weighted by molar-refractivity contribution is 5.56. The highest BCUT2D eigenvalue weighted by atomic mass is 16.5. The quantitative estimate of drug-likeness (QED) is 0.471. The Morgan fingerprint density at radius 3 is 2.50 bits per heavy atom. The largest absolute Gasteiger partial charge is 0.483 e. The van der Waals surface area contributed by atoms with Crippen molar-refractivity contribution < 1.29 is 14.6 Å². The molecule has 0 saturated carbocycles. The van der Waals surface area contributed by atoms with Gasteiger partial charge < -0.3 is 14.4 Å². The van der Waals surface area contributed by atoms with E-state index >= 15 is 0 Å². The number of hydrogen-bond acceptors (Lipinski definition) is 5. The smallest absolute Gasteiger partial charge is 0.290 e. The van der Waals surface area contributed by atoms with Crippen LogP contribution < -0.4 is 0 Å². The monoisotopic (exact) mass is 431 g/mol. The Labute approximate surface area is 186 Å². The predicted molar refractivity (Wildman–Crippen MR) is 119 cm³/mol. The minimum absolute atomic E-state index is 0.250. The maximum absolute atomic E-state index is 8.36. The summed E-state index contributed by atoms with van der Waals surface area (Å²) in [6.45, 7) is 2.01. The molecule has 4 heterocycles. The van der Waals surface area contributed by atoms with Crippen molar-refractivity contribution in [2.75, 3.05) is 13.2 Å². The van der Waals surface area contributed by atoms with Crippen LogP contribution in [0.15, 0.2) is 79.6 Å². The summed E-state index contributed by atoms with van der Waals surface area (Å²) in [7, 11) is 0. The zero-order chi connectivity index (χ0) is 22.2. The Morgan fingerprint density at radius 2 is 1.78 bits per heavy atom. The van der Waals surface area contributed by atoms with Gasteiger partial charge in [-0.3, -0.25) is 14.5 Å². The van der Waals surface area contributed by atoms with Crippen LogP contribution in [0.5, 0.6) is 0 Å². The van der Waals surface area contributed by atoms with Gasteiger partial charge in [0.25, 0.3) is 6.47 Å². The van der Waals surface area contributed by atoms with Crippen molar-refractivity contribution in [3.05, 3.63) is 90.8 Å². The lowest BCUT2D eigenvalue weighted by atomic mass is 9.95. The van der Waals surface area contributed by atoms with Gasteiger partial charge in [-0.15, -0.1) is 0 Å². The molecule has 1 fully saturated rings. The lowest BCUT2D eigenvalue weighted by Gasteiger charge is -2.21. The van der Waals surface area contributed by atoms with Gasteiger partial charge in [-0.1, -0.05) is 24.3 Å². The molecule has 0 unspecified atom stereocenters. The first-order chi connectivity index (χ1) is 15.8. The fraction of sp³-hybridized carbons (Fsp3) is 0.250. The van der Waals surface area contributed by atoms with Crippen LogP contribution >= 0.6 is 0 Å². The van der Waals surface area contributed by atoms with E-state index in [0.29, 0.717) is 5.92 Å². The zero-order valence-corrected chi connectivity index (χ0v) is 17.6. The first-order valence-electron chi connectivity index (χ1n) is 10.4. The van der Waals surface area contributed by atoms with Crippen LogP contribution in [0.1, 0.15) is 17.2 Å². The third kappa shape index (κ3) is 5.09. The third-order valence-corrected chi connectivity index (χ3v) is 5.55. The fourth-order valence-electron chi connectivity index (χ4n) is 4.06. The predicted octanol–water partition coefficient (Wildman–Crippen LogP) is 3.32. The van der Waals surface area contributed by atoms with Crippen molar-refractivity contribution in [3.63, 3.8) is 0 Å². The third-order valence-electron chi connectivity index (χ3n) is 5.55. The Balaban J connectivity index is 0.000000775. The number of aromatic nitrogens is 5. The van der Waals surface area contributed by atoms with Gasteiger partial charge in [-0.05, 0) is 35.7 Å². The number of hydrogen-bond donors (Lipinski definition) is 1. The molecule has 164 valence electrons. The van der Waals surface area contributed by atoms with E-state index in [1.807, 2.05) is 35.5 Å². The average Bonchev–Trinajstić information content (AvgIpc) is 3.58. The van der Waals surface area contributed by atoms with E-state index in [1.54, 1.807) is 6.20 Å². The Kier molecular flexibility index (Phi) is 7.04. The van der Waals surface area contributed by atoms with E-state index in [2.05, 4.69) is 62.2 Å². The number of imidazole rings is 1. The van der Waals surface area contributed by atoms with Gasteiger partial charge >= 0.3 is 0 Å². The van der Waals surface area contributed by atoms with E-state index in [4.69, 9.17) is 14.6 Å². The molecular weight excluding hydrogens is 406 g/mol. The van der Waals surface area contributed by atoms with E-state index < -0.39 is 0 Å². The summed E-state index contributed by atoms with van der Waals surface area (Å²) in [5.41, 5.74) is 3.63. The molecular formula is C24H25N5O3. The summed E-state index contributed by atoms with van der Waals surface area (Å²) < 4.78 is 10.1. The molecule has 0 aliphatic carbocycles. The average molecular weight is 431 g/mol. The highest BCUT2D eigenvalue weighted by Gasteiger charge is 2.31. The Hall–Kier alpha value is -3.78. The number of ether oxygens (including phenoxy) is 1. The van der Waals surface area contributed by atoms with Crippen molar-refractivity contribution >= 4 is 6.47 Å². The number of carboxylic acid groups (broad SMARTS) is 1. The molecule has 3 aromatic heterocycles. The van der Waals surface area contributed by atoms with Crippen molar-refractivity contribution in [3.8, 4) is 11.4 Å². The van der Waals surface area contributed by atoms with Crippen LogP contribution in [0, 0.1) is 5.92 Å². The summed E-state index contributed by atoms with van der Waals surface area (Å²) >= 11 is 0. The number of carbonyl (C=O) groups is 1. The van der Waals surface area contributed by atoms with Gasteiger partial charge in [-0.2, -0.15) is 5.10 Å². The van der Waals surface area contributed by atoms with Crippen LogP contribution in [0.2, 0.25) is 0 Å². The molecule has 8 nitrogen and oxygen atoms in total. The zero-order valence-electron chi connectivity index (χ0n) is 17.6. The van der Waals surface area contributed by atoms with Crippen LogP contribution in [0.25, 0.3) is 11.4 Å². The number of nitrogens with zero attached hydrogens (tertiary/aromatic N) is 5. The maximum Gasteiger partial charge on any atom is 0.290 e. The van der Waals surface area contributed by atoms with Crippen molar-refractivity contribution in [1.29, 1.82) is 0 Å². The van der Waals surface area contributed by atoms with Gasteiger partial charge in [0.1, 0.15) is 5.82 Å². The molecule has 0 amide bonds. The first-order valence-corrected chi connectivity index (χ1v) is 10.4. The van der Waals surface area contributed by atoms with Gasteiger partial charge in [0, 0.05) is 48.7 Å². The molecule has 2 atom stereocenters. The summed E-state index contributed by atoms with van der Waals surface area (Å²) in [5, 5.41) is 11.2. The normalized spacial score (nSPS) is 17.5. The van der Waals surface area contributed by atoms with E-state index in [0.717, 1.165) is 37.6 Å². The van der Waals surface area contributed by atoms with Crippen molar-refractivity contribution in [2.45, 2.75) is 19.0 Å². The molecule has 1 aromatic carbocycles. The number of benzene rings is 1. The van der Waals surface area contributed by atoms with Crippen molar-refractivity contribution in [2.24, 2.45) is 5.92 Å². The molecule has 5 rings (SSSR count). The van der Waals surface area contributed by atoms with Gasteiger partial charge in [-0.25, -0.2) is 4.98 Å². The van der Waals surface area contributed by atoms with Gasteiger partial charge in [0.15, 0.2) is 0 Å². The lowest BCUT2D eigenvalue weighted by Crippen LogP contribution is -2.20. The van der Waals surface area contributed by atoms with Gasteiger partial charge in [0.2, 0.25) is 0 Å². The molecule has 0 radical (unpaired) electrons. The topological polar surface area (TPSA) is 95.1 Å². The molecule has 0 bridgehead atoms. The summed E-state index contributed by atoms with van der Waals surface area (Å²) in [6.07, 6.45) is 12.4. The molecule has 0 spiro atoms. The van der Waals surface area contributed by atoms with E-state index in [-0.39, 0.29) is 12.5 Å². The second kappa shape index (κ2) is 10.5. The van der Waals surface area contributed by atoms with E-state index in [1.165, 1.54) is 11.1 Å². The molecule has 32 heavy (non-hydrogen) atoms. The standard InChI is InChI=1S/C23H23N5O.CH2O2/c1-8-26-27(12-1)15-19-2-4-20(5-3-19)23-25-11-13-28(23)22-17-29-16-21(22)14-18-6-9-24-10-7-18;2-1-3/h1-13,21-22H,14-17H2;1H,(H,2,3)/t21-,22+;/m0./s1. The highest BCUT2D eigenvalue weighted by Crippen LogP contribution is 2.32. The lowest BCUT2D eigenvalue weighted by molar-refractivity contribution is -0.122. The Bertz CT molecular complexity index is 1090. The van der Waals surface area contributed by atoms with Crippen LogP contribution in [-0.2, 0) is 22.5 Å². The molecule has 1 N–H and O–H groups in total. The molecule has 4 aromatic rings.